The molecule has 2 fully saturated rings. The fraction of sp³-hybridized carbons (Fsp3) is 0.733. The third kappa shape index (κ3) is 2.53. The summed E-state index contributed by atoms with van der Waals surface area (Å²) in [6.07, 6.45) is 7.59. The van der Waals surface area contributed by atoms with Crippen LogP contribution in [0.4, 0.5) is 0 Å². The van der Waals surface area contributed by atoms with Crippen molar-refractivity contribution in [3.63, 3.8) is 0 Å². The molecule has 0 radical (unpaired) electrons. The zero-order valence-electron chi connectivity index (χ0n) is 12.1. The Kier molecular flexibility index (Phi) is 3.97. The molecule has 0 aromatic rings. The Hall–Kier alpha value is -1.32. The van der Waals surface area contributed by atoms with Gasteiger partial charge in [-0.05, 0) is 39.0 Å². The summed E-state index contributed by atoms with van der Waals surface area (Å²) in [7, 11) is 0. The molecule has 0 bridgehead atoms. The molecular formula is C15H24N2O2. The molecule has 4 nitrogen and oxygen atoms in total. The van der Waals surface area contributed by atoms with E-state index in [1.54, 1.807) is 4.90 Å². The number of piperazine rings is 1. The van der Waals surface area contributed by atoms with Crippen LogP contribution >= 0.6 is 0 Å². The van der Waals surface area contributed by atoms with Crippen LogP contribution in [-0.2, 0) is 9.59 Å². The summed E-state index contributed by atoms with van der Waals surface area (Å²) < 4.78 is 0. The quantitative estimate of drug-likeness (QED) is 0.771. The average Bonchev–Trinajstić information content (AvgIpc) is 3.20. The van der Waals surface area contributed by atoms with Gasteiger partial charge in [-0.2, -0.15) is 0 Å². The largest absolute Gasteiger partial charge is 0.340 e. The maximum atomic E-state index is 12.7. The van der Waals surface area contributed by atoms with Gasteiger partial charge in [-0.25, -0.2) is 0 Å². The summed E-state index contributed by atoms with van der Waals surface area (Å²) in [5.41, 5.74) is -0.678. The van der Waals surface area contributed by atoms with E-state index >= 15 is 0 Å². The lowest BCUT2D eigenvalue weighted by atomic mass is 9.88. The van der Waals surface area contributed by atoms with Gasteiger partial charge >= 0.3 is 0 Å². The number of hydrogen-bond donors (Lipinski definition) is 1. The Labute approximate surface area is 115 Å². The van der Waals surface area contributed by atoms with Gasteiger partial charge in [0.05, 0.1) is 0 Å². The summed E-state index contributed by atoms with van der Waals surface area (Å²) in [5, 5.41) is 2.99. The highest BCUT2D eigenvalue weighted by Crippen LogP contribution is 2.42. The highest BCUT2D eigenvalue weighted by molar-refractivity contribution is 6.00. The number of carbonyl (C=O) groups excluding carboxylic acids is 2. The zero-order valence-corrected chi connectivity index (χ0v) is 12.1. The first-order valence-electron chi connectivity index (χ1n) is 7.28. The molecule has 19 heavy (non-hydrogen) atoms. The van der Waals surface area contributed by atoms with Gasteiger partial charge in [0.1, 0.15) is 11.6 Å². The number of rotatable bonds is 5. The highest BCUT2D eigenvalue weighted by Gasteiger charge is 2.54. The third-order valence-corrected chi connectivity index (χ3v) is 4.26. The smallest absolute Gasteiger partial charge is 0.249 e. The van der Waals surface area contributed by atoms with Crippen molar-refractivity contribution in [2.45, 2.75) is 58.0 Å². The van der Waals surface area contributed by atoms with Crippen molar-refractivity contribution >= 4 is 11.8 Å². The standard InChI is InChI=1S/C15H24N2O2/c1-4-6-10-17-12(7-5-2)13(18)16-15(3,14(17)19)11-8-9-11/h4,6,11-12H,5,7-10H2,1-3H3,(H,16,18)/b6-4+. The van der Waals surface area contributed by atoms with E-state index in [1.807, 2.05) is 32.9 Å². The van der Waals surface area contributed by atoms with E-state index in [-0.39, 0.29) is 17.9 Å². The Morgan fingerprint density at radius 3 is 2.63 bits per heavy atom. The van der Waals surface area contributed by atoms with Crippen LogP contribution in [0.15, 0.2) is 12.2 Å². The van der Waals surface area contributed by atoms with E-state index in [1.165, 1.54) is 0 Å². The van der Waals surface area contributed by atoms with Gasteiger partial charge in [0.15, 0.2) is 0 Å². The van der Waals surface area contributed by atoms with Gasteiger partial charge in [-0.3, -0.25) is 9.59 Å². The number of hydrogen-bond acceptors (Lipinski definition) is 2. The van der Waals surface area contributed by atoms with Crippen molar-refractivity contribution in [3.05, 3.63) is 12.2 Å². The van der Waals surface area contributed by atoms with Crippen LogP contribution in [0.2, 0.25) is 0 Å². The maximum absolute atomic E-state index is 12.7. The van der Waals surface area contributed by atoms with Gasteiger partial charge in [0, 0.05) is 6.54 Å². The van der Waals surface area contributed by atoms with Crippen LogP contribution in [0, 0.1) is 5.92 Å². The second kappa shape index (κ2) is 5.35. The van der Waals surface area contributed by atoms with E-state index in [0.29, 0.717) is 12.5 Å². The van der Waals surface area contributed by atoms with Gasteiger partial charge < -0.3 is 10.2 Å². The minimum atomic E-state index is -0.678. The van der Waals surface area contributed by atoms with E-state index in [2.05, 4.69) is 5.32 Å². The Balaban J connectivity index is 2.24. The molecule has 4 heteroatoms. The highest BCUT2D eigenvalue weighted by atomic mass is 16.2. The van der Waals surface area contributed by atoms with Crippen molar-refractivity contribution in [2.24, 2.45) is 5.92 Å². The van der Waals surface area contributed by atoms with E-state index in [0.717, 1.165) is 25.7 Å². The molecule has 1 aliphatic heterocycles. The van der Waals surface area contributed by atoms with Crippen LogP contribution in [0.25, 0.3) is 0 Å². The predicted molar refractivity (Wildman–Crippen MR) is 74.5 cm³/mol. The van der Waals surface area contributed by atoms with Crippen LogP contribution in [0.3, 0.4) is 0 Å². The molecular weight excluding hydrogens is 240 g/mol. The predicted octanol–water partition coefficient (Wildman–Crippen LogP) is 1.86. The molecule has 1 N–H and O–H groups in total. The molecule has 0 spiro atoms. The number of nitrogens with zero attached hydrogens (tertiary/aromatic N) is 1. The Bertz CT molecular complexity index is 401. The molecule has 0 aromatic carbocycles. The van der Waals surface area contributed by atoms with Crippen LogP contribution in [0.1, 0.15) is 46.5 Å². The number of allylic oxidation sites excluding steroid dienone is 1. The van der Waals surface area contributed by atoms with Crippen LogP contribution in [-0.4, -0.2) is 34.8 Å². The van der Waals surface area contributed by atoms with E-state index < -0.39 is 5.54 Å². The van der Waals surface area contributed by atoms with Crippen LogP contribution < -0.4 is 5.32 Å². The molecule has 2 unspecified atom stereocenters. The SMILES string of the molecule is C/C=C/CN1C(=O)C(C)(C2CC2)NC(=O)C1CCC. The third-order valence-electron chi connectivity index (χ3n) is 4.26. The zero-order chi connectivity index (χ0) is 14.0. The van der Waals surface area contributed by atoms with Gasteiger partial charge in [0.2, 0.25) is 11.8 Å². The van der Waals surface area contributed by atoms with Gasteiger partial charge in [-0.15, -0.1) is 0 Å². The first-order valence-corrected chi connectivity index (χ1v) is 7.28. The van der Waals surface area contributed by atoms with Gasteiger partial charge in [-0.1, -0.05) is 25.5 Å². The summed E-state index contributed by atoms with van der Waals surface area (Å²) >= 11 is 0. The molecule has 2 atom stereocenters. The topological polar surface area (TPSA) is 49.4 Å². The molecule has 1 heterocycles. The van der Waals surface area contributed by atoms with Crippen molar-refractivity contribution in [3.8, 4) is 0 Å². The second-order valence-corrected chi connectivity index (χ2v) is 5.80. The first kappa shape index (κ1) is 14.1. The summed E-state index contributed by atoms with van der Waals surface area (Å²) in [6.45, 7) is 6.40. The molecule has 1 saturated carbocycles. The normalized spacial score (nSPS) is 31.9. The Morgan fingerprint density at radius 2 is 2.11 bits per heavy atom. The van der Waals surface area contributed by atoms with E-state index in [4.69, 9.17) is 0 Å². The number of nitrogens with one attached hydrogen (secondary N) is 1. The van der Waals surface area contributed by atoms with Crippen molar-refractivity contribution in [2.75, 3.05) is 6.54 Å². The molecule has 2 rings (SSSR count). The molecule has 2 aliphatic rings. The lowest BCUT2D eigenvalue weighted by molar-refractivity contribution is -0.154. The Morgan fingerprint density at radius 1 is 1.42 bits per heavy atom. The fourth-order valence-corrected chi connectivity index (χ4v) is 2.90. The van der Waals surface area contributed by atoms with Crippen molar-refractivity contribution < 1.29 is 9.59 Å². The van der Waals surface area contributed by atoms with Crippen LogP contribution in [0.5, 0.6) is 0 Å². The van der Waals surface area contributed by atoms with Gasteiger partial charge in [0.25, 0.3) is 0 Å². The monoisotopic (exact) mass is 264 g/mol. The lowest BCUT2D eigenvalue weighted by Gasteiger charge is -2.44. The molecule has 106 valence electrons. The number of amides is 2. The first-order chi connectivity index (χ1) is 9.04. The minimum Gasteiger partial charge on any atom is -0.340 e. The second-order valence-electron chi connectivity index (χ2n) is 5.80. The summed E-state index contributed by atoms with van der Waals surface area (Å²) in [6, 6.07) is -0.305. The van der Waals surface area contributed by atoms with Crippen molar-refractivity contribution in [1.29, 1.82) is 0 Å². The average molecular weight is 264 g/mol. The van der Waals surface area contributed by atoms with E-state index in [9.17, 15) is 9.59 Å². The summed E-state index contributed by atoms with van der Waals surface area (Å²) in [4.78, 5) is 26.8. The number of carbonyl (C=O) groups is 2. The minimum absolute atomic E-state index is 0.0142. The lowest BCUT2D eigenvalue weighted by Crippen LogP contribution is -2.70. The molecule has 0 aromatic heterocycles. The molecule has 1 aliphatic carbocycles. The maximum Gasteiger partial charge on any atom is 0.249 e. The molecule has 2 amide bonds. The van der Waals surface area contributed by atoms with Crippen molar-refractivity contribution in [1.82, 2.24) is 10.2 Å². The summed E-state index contributed by atoms with van der Waals surface area (Å²) in [5.74, 6) is 0.422. The molecule has 1 saturated heterocycles. The fourth-order valence-electron chi connectivity index (χ4n) is 2.90.